The van der Waals surface area contributed by atoms with Crippen molar-refractivity contribution in [2.45, 2.75) is 10.9 Å². The molecule has 0 atom stereocenters. The second-order valence-corrected chi connectivity index (χ2v) is 7.73. The maximum absolute atomic E-state index is 12.9. The minimum absolute atomic E-state index is 0.127. The van der Waals surface area contributed by atoms with Crippen molar-refractivity contribution in [1.29, 1.82) is 0 Å². The van der Waals surface area contributed by atoms with Crippen molar-refractivity contribution in [1.82, 2.24) is 15.5 Å². The van der Waals surface area contributed by atoms with E-state index in [2.05, 4.69) is 20.8 Å². The summed E-state index contributed by atoms with van der Waals surface area (Å²) < 4.78 is 26.3. The van der Waals surface area contributed by atoms with Crippen molar-refractivity contribution in [2.24, 2.45) is 0 Å². The first-order chi connectivity index (χ1) is 13.5. The fourth-order valence-corrected chi connectivity index (χ4v) is 3.65. The van der Waals surface area contributed by atoms with E-state index in [1.54, 1.807) is 12.1 Å². The number of carbonyl (C=O) groups excluding carboxylic acids is 2. The van der Waals surface area contributed by atoms with Gasteiger partial charge in [-0.3, -0.25) is 14.9 Å². The number of halogens is 2. The largest absolute Gasteiger partial charge is 0.351 e. The van der Waals surface area contributed by atoms with Crippen LogP contribution in [0.2, 0.25) is 0 Å². The zero-order valence-electron chi connectivity index (χ0n) is 14.3. The van der Waals surface area contributed by atoms with E-state index in [9.17, 15) is 18.4 Å². The molecule has 28 heavy (non-hydrogen) atoms. The maximum atomic E-state index is 12.9. The van der Waals surface area contributed by atoms with E-state index in [0.29, 0.717) is 16.4 Å². The molecule has 0 unspecified atom stereocenters. The van der Waals surface area contributed by atoms with Crippen LogP contribution in [0.15, 0.2) is 52.9 Å². The minimum Gasteiger partial charge on any atom is -0.351 e. The van der Waals surface area contributed by atoms with Crippen LogP contribution in [-0.4, -0.2) is 27.8 Å². The topological polar surface area (TPSA) is 84.0 Å². The lowest BCUT2D eigenvalue weighted by Gasteiger charge is -2.04. The average Bonchev–Trinajstić information content (AvgIpc) is 3.13. The molecule has 0 fully saturated rings. The summed E-state index contributed by atoms with van der Waals surface area (Å²) in [4.78, 5) is 24.0. The number of hydrogen-bond donors (Lipinski definition) is 2. The molecular weight excluding hydrogens is 406 g/mol. The van der Waals surface area contributed by atoms with Crippen LogP contribution in [0.1, 0.15) is 15.9 Å². The van der Waals surface area contributed by atoms with E-state index in [-0.39, 0.29) is 22.6 Å². The summed E-state index contributed by atoms with van der Waals surface area (Å²) in [7, 11) is 0. The van der Waals surface area contributed by atoms with Crippen molar-refractivity contribution in [3.8, 4) is 0 Å². The number of hydrogen-bond acceptors (Lipinski definition) is 6. The van der Waals surface area contributed by atoms with Gasteiger partial charge in [0.1, 0.15) is 11.6 Å². The van der Waals surface area contributed by atoms with Gasteiger partial charge in [-0.05, 0) is 42.0 Å². The van der Waals surface area contributed by atoms with E-state index in [1.165, 1.54) is 48.2 Å². The number of aromatic nitrogens is 2. The molecule has 3 rings (SSSR count). The zero-order valence-corrected chi connectivity index (χ0v) is 15.9. The van der Waals surface area contributed by atoms with Gasteiger partial charge in [0.25, 0.3) is 5.91 Å². The van der Waals surface area contributed by atoms with Crippen LogP contribution in [0.25, 0.3) is 0 Å². The zero-order chi connectivity index (χ0) is 19.9. The molecule has 0 spiro atoms. The molecule has 0 radical (unpaired) electrons. The lowest BCUT2D eigenvalue weighted by atomic mass is 10.2. The normalized spacial score (nSPS) is 10.5. The molecule has 0 bridgehead atoms. The summed E-state index contributed by atoms with van der Waals surface area (Å²) in [6.45, 7) is 0.300. The molecule has 0 aliphatic heterocycles. The number of carbonyl (C=O) groups is 2. The van der Waals surface area contributed by atoms with Crippen LogP contribution >= 0.6 is 23.1 Å². The molecule has 6 nitrogen and oxygen atoms in total. The average molecular weight is 420 g/mol. The highest BCUT2D eigenvalue weighted by Crippen LogP contribution is 2.25. The SMILES string of the molecule is O=C(CSc1nnc(NC(=O)c2ccc(F)cc2)s1)NCc1ccc(F)cc1. The number of thioether (sulfide) groups is 1. The molecule has 0 aliphatic carbocycles. The first kappa shape index (κ1) is 19.9. The summed E-state index contributed by atoms with van der Waals surface area (Å²) in [6.07, 6.45) is 0. The molecule has 2 N–H and O–H groups in total. The van der Waals surface area contributed by atoms with Gasteiger partial charge in [0.05, 0.1) is 5.75 Å². The molecule has 0 aliphatic rings. The molecule has 3 aromatic rings. The fraction of sp³-hybridized carbons (Fsp3) is 0.111. The highest BCUT2D eigenvalue weighted by atomic mass is 32.2. The Balaban J connectivity index is 1.45. The van der Waals surface area contributed by atoms with Crippen molar-refractivity contribution >= 4 is 40.0 Å². The predicted molar refractivity (Wildman–Crippen MR) is 103 cm³/mol. The molecule has 144 valence electrons. The number of benzene rings is 2. The van der Waals surface area contributed by atoms with E-state index >= 15 is 0 Å². The smallest absolute Gasteiger partial charge is 0.257 e. The number of anilines is 1. The van der Waals surface area contributed by atoms with Crippen molar-refractivity contribution in [3.63, 3.8) is 0 Å². The summed E-state index contributed by atoms with van der Waals surface area (Å²) in [5, 5.41) is 13.4. The molecule has 2 aromatic carbocycles. The third-order valence-electron chi connectivity index (χ3n) is 3.46. The summed E-state index contributed by atoms with van der Waals surface area (Å²) in [6, 6.07) is 11.0. The van der Waals surface area contributed by atoms with Crippen LogP contribution in [0.5, 0.6) is 0 Å². The first-order valence-electron chi connectivity index (χ1n) is 8.04. The van der Waals surface area contributed by atoms with Crippen molar-refractivity contribution in [3.05, 3.63) is 71.3 Å². The first-order valence-corrected chi connectivity index (χ1v) is 9.84. The van der Waals surface area contributed by atoms with Gasteiger partial charge >= 0.3 is 0 Å². The molecule has 2 amide bonds. The van der Waals surface area contributed by atoms with Gasteiger partial charge in [-0.15, -0.1) is 10.2 Å². The number of amides is 2. The minimum atomic E-state index is -0.427. The molecular formula is C18H14F2N4O2S2. The third-order valence-corrected chi connectivity index (χ3v) is 5.44. The monoisotopic (exact) mass is 420 g/mol. The quantitative estimate of drug-likeness (QED) is 0.452. The fourth-order valence-electron chi connectivity index (χ4n) is 2.07. The number of nitrogens with one attached hydrogen (secondary N) is 2. The Bertz CT molecular complexity index is 962. The van der Waals surface area contributed by atoms with Gasteiger partial charge < -0.3 is 5.32 Å². The Morgan fingerprint density at radius 1 is 0.964 bits per heavy atom. The third kappa shape index (κ3) is 5.83. The van der Waals surface area contributed by atoms with Gasteiger partial charge in [-0.1, -0.05) is 35.2 Å². The molecule has 1 aromatic heterocycles. The number of nitrogens with zero attached hydrogens (tertiary/aromatic N) is 2. The summed E-state index contributed by atoms with van der Waals surface area (Å²) in [5.74, 6) is -1.26. The summed E-state index contributed by atoms with van der Waals surface area (Å²) in [5.41, 5.74) is 1.09. The highest BCUT2D eigenvalue weighted by Gasteiger charge is 2.12. The Labute approximate surface area is 167 Å². The van der Waals surface area contributed by atoms with Crippen LogP contribution in [-0.2, 0) is 11.3 Å². The van der Waals surface area contributed by atoms with E-state index in [0.717, 1.165) is 16.9 Å². The van der Waals surface area contributed by atoms with Crippen LogP contribution in [0.4, 0.5) is 13.9 Å². The maximum Gasteiger partial charge on any atom is 0.257 e. The van der Waals surface area contributed by atoms with Crippen LogP contribution in [0, 0.1) is 11.6 Å². The second kappa shape index (κ2) is 9.38. The standard InChI is InChI=1S/C18H14F2N4O2S2/c19-13-5-1-11(2-6-13)9-21-15(25)10-27-18-24-23-17(28-18)22-16(26)12-3-7-14(20)8-4-12/h1-8H,9-10H2,(H,21,25)(H,22,23,26). The molecule has 0 saturated carbocycles. The number of rotatable bonds is 7. The van der Waals surface area contributed by atoms with Crippen LogP contribution in [0.3, 0.4) is 0 Å². The van der Waals surface area contributed by atoms with Gasteiger partial charge in [-0.25, -0.2) is 8.78 Å². The second-order valence-electron chi connectivity index (χ2n) is 5.53. The Hall–Kier alpha value is -2.85. The molecule has 10 heteroatoms. The van der Waals surface area contributed by atoms with Gasteiger partial charge in [0.15, 0.2) is 4.34 Å². The Morgan fingerprint density at radius 3 is 2.29 bits per heavy atom. The van der Waals surface area contributed by atoms with Crippen molar-refractivity contribution < 1.29 is 18.4 Å². The Kier molecular flexibility index (Phi) is 6.66. The van der Waals surface area contributed by atoms with Gasteiger partial charge in [0, 0.05) is 12.1 Å². The molecule has 0 saturated heterocycles. The summed E-state index contributed by atoms with van der Waals surface area (Å²) >= 11 is 2.31. The van der Waals surface area contributed by atoms with E-state index in [1.807, 2.05) is 0 Å². The van der Waals surface area contributed by atoms with Gasteiger partial charge in [0.2, 0.25) is 11.0 Å². The van der Waals surface area contributed by atoms with Gasteiger partial charge in [-0.2, -0.15) is 0 Å². The van der Waals surface area contributed by atoms with Crippen LogP contribution < -0.4 is 10.6 Å². The highest BCUT2D eigenvalue weighted by molar-refractivity contribution is 8.01. The lowest BCUT2D eigenvalue weighted by molar-refractivity contribution is -0.118. The van der Waals surface area contributed by atoms with Crippen molar-refractivity contribution in [2.75, 3.05) is 11.1 Å². The van der Waals surface area contributed by atoms with E-state index < -0.39 is 11.7 Å². The predicted octanol–water partition coefficient (Wildman–Crippen LogP) is 3.48. The molecule has 1 heterocycles. The van der Waals surface area contributed by atoms with E-state index in [4.69, 9.17) is 0 Å². The Morgan fingerprint density at radius 2 is 1.61 bits per heavy atom. The lowest BCUT2D eigenvalue weighted by Crippen LogP contribution is -2.24.